The number of nitrogens with one attached hydrogen (secondary N) is 1. The number of hydrogen-bond donors (Lipinski definition) is 2. The summed E-state index contributed by atoms with van der Waals surface area (Å²) in [6.07, 6.45) is 4.06. The number of hydrogen-bond acceptors (Lipinski definition) is 3. The summed E-state index contributed by atoms with van der Waals surface area (Å²) >= 11 is 0. The van der Waals surface area contributed by atoms with Crippen molar-refractivity contribution < 1.29 is 9.90 Å². The van der Waals surface area contributed by atoms with Crippen LogP contribution >= 0.6 is 0 Å². The van der Waals surface area contributed by atoms with Gasteiger partial charge in [-0.25, -0.2) is 0 Å². The van der Waals surface area contributed by atoms with Gasteiger partial charge in [-0.15, -0.1) is 0 Å². The molecule has 0 amide bonds. The summed E-state index contributed by atoms with van der Waals surface area (Å²) in [4.78, 5) is 15.2. The SMILES string of the molecule is Cc1ccc(C(NCC2CC2)C(=O)O)cn1. The smallest absolute Gasteiger partial charge is 0.325 e. The highest BCUT2D eigenvalue weighted by molar-refractivity contribution is 5.75. The van der Waals surface area contributed by atoms with Crippen LogP contribution in [0.5, 0.6) is 0 Å². The van der Waals surface area contributed by atoms with E-state index in [0.29, 0.717) is 5.92 Å². The van der Waals surface area contributed by atoms with Gasteiger partial charge in [-0.1, -0.05) is 6.07 Å². The molecule has 2 rings (SSSR count). The van der Waals surface area contributed by atoms with Crippen molar-refractivity contribution >= 4 is 5.97 Å². The van der Waals surface area contributed by atoms with E-state index < -0.39 is 12.0 Å². The molecule has 4 heteroatoms. The highest BCUT2D eigenvalue weighted by Gasteiger charge is 2.25. The molecule has 86 valence electrons. The van der Waals surface area contributed by atoms with Gasteiger partial charge < -0.3 is 10.4 Å². The van der Waals surface area contributed by atoms with Gasteiger partial charge >= 0.3 is 5.97 Å². The Labute approximate surface area is 94.7 Å². The molecule has 0 saturated heterocycles. The van der Waals surface area contributed by atoms with E-state index in [0.717, 1.165) is 17.8 Å². The van der Waals surface area contributed by atoms with Crippen LogP contribution in [0.3, 0.4) is 0 Å². The van der Waals surface area contributed by atoms with Crippen LogP contribution in [-0.4, -0.2) is 22.6 Å². The molecule has 0 radical (unpaired) electrons. The van der Waals surface area contributed by atoms with Gasteiger partial charge in [-0.2, -0.15) is 0 Å². The number of rotatable bonds is 5. The minimum Gasteiger partial charge on any atom is -0.480 e. The van der Waals surface area contributed by atoms with Gasteiger partial charge in [0.15, 0.2) is 0 Å². The van der Waals surface area contributed by atoms with Crippen molar-refractivity contribution in [3.63, 3.8) is 0 Å². The molecule has 1 atom stereocenters. The molecule has 1 aromatic rings. The summed E-state index contributed by atoms with van der Waals surface area (Å²) in [6.45, 7) is 2.67. The molecule has 16 heavy (non-hydrogen) atoms. The Bertz CT molecular complexity index is 371. The van der Waals surface area contributed by atoms with E-state index in [2.05, 4.69) is 10.3 Å². The Kier molecular flexibility index (Phi) is 3.19. The van der Waals surface area contributed by atoms with E-state index in [1.54, 1.807) is 6.20 Å². The molecular weight excluding hydrogens is 204 g/mol. The summed E-state index contributed by atoms with van der Waals surface area (Å²) < 4.78 is 0. The standard InChI is InChI=1S/C12H16N2O2/c1-8-2-5-10(7-13-8)11(12(15)16)14-6-9-3-4-9/h2,5,7,9,11,14H,3-4,6H2,1H3,(H,15,16). The lowest BCUT2D eigenvalue weighted by molar-refractivity contribution is -0.139. The number of carboxylic acid groups (broad SMARTS) is 1. The quantitative estimate of drug-likeness (QED) is 0.789. The van der Waals surface area contributed by atoms with Crippen LogP contribution in [0.15, 0.2) is 18.3 Å². The molecule has 0 spiro atoms. The predicted molar refractivity (Wildman–Crippen MR) is 60.1 cm³/mol. The molecule has 0 bridgehead atoms. The second-order valence-electron chi connectivity index (χ2n) is 4.36. The van der Waals surface area contributed by atoms with Crippen molar-refractivity contribution in [2.45, 2.75) is 25.8 Å². The van der Waals surface area contributed by atoms with E-state index in [1.165, 1.54) is 12.8 Å². The number of aryl methyl sites for hydroxylation is 1. The average molecular weight is 220 g/mol. The molecule has 1 saturated carbocycles. The lowest BCUT2D eigenvalue weighted by Crippen LogP contribution is -2.30. The van der Waals surface area contributed by atoms with Gasteiger partial charge in [0.05, 0.1) is 0 Å². The van der Waals surface area contributed by atoms with Crippen LogP contribution in [0.2, 0.25) is 0 Å². The highest BCUT2D eigenvalue weighted by Crippen LogP contribution is 2.28. The van der Waals surface area contributed by atoms with Crippen LogP contribution in [0.1, 0.15) is 30.1 Å². The molecule has 1 aliphatic carbocycles. The Morgan fingerprint density at radius 3 is 2.88 bits per heavy atom. The maximum Gasteiger partial charge on any atom is 0.325 e. The van der Waals surface area contributed by atoms with Crippen LogP contribution < -0.4 is 5.32 Å². The lowest BCUT2D eigenvalue weighted by Gasteiger charge is -2.14. The maximum atomic E-state index is 11.1. The Balaban J connectivity index is 2.04. The first-order valence-electron chi connectivity index (χ1n) is 5.55. The minimum absolute atomic E-state index is 0.631. The van der Waals surface area contributed by atoms with Crippen LogP contribution in [0.4, 0.5) is 0 Å². The molecule has 0 aliphatic heterocycles. The number of aromatic nitrogens is 1. The molecule has 1 fully saturated rings. The minimum atomic E-state index is -0.841. The summed E-state index contributed by atoms with van der Waals surface area (Å²) in [5.41, 5.74) is 1.62. The summed E-state index contributed by atoms with van der Waals surface area (Å²) in [5, 5.41) is 12.2. The normalized spacial score (nSPS) is 17.1. The first-order valence-corrected chi connectivity index (χ1v) is 5.55. The topological polar surface area (TPSA) is 62.2 Å². The molecule has 2 N–H and O–H groups in total. The van der Waals surface area contributed by atoms with Crippen molar-refractivity contribution in [3.8, 4) is 0 Å². The molecular formula is C12H16N2O2. The van der Waals surface area contributed by atoms with Gasteiger partial charge in [0.1, 0.15) is 6.04 Å². The predicted octanol–water partition coefficient (Wildman–Crippen LogP) is 1.52. The average Bonchev–Trinajstić information content (AvgIpc) is 3.04. The molecule has 1 heterocycles. The third kappa shape index (κ3) is 2.79. The first kappa shape index (κ1) is 11.1. The third-order valence-corrected chi connectivity index (χ3v) is 2.82. The zero-order chi connectivity index (χ0) is 11.5. The number of aliphatic carboxylic acids is 1. The largest absolute Gasteiger partial charge is 0.480 e. The van der Waals surface area contributed by atoms with Gasteiger partial charge in [0.25, 0.3) is 0 Å². The van der Waals surface area contributed by atoms with Crippen LogP contribution in [0.25, 0.3) is 0 Å². The summed E-state index contributed by atoms with van der Waals surface area (Å²) in [7, 11) is 0. The number of pyridine rings is 1. The molecule has 0 aromatic carbocycles. The fourth-order valence-electron chi connectivity index (χ4n) is 1.60. The fourth-order valence-corrected chi connectivity index (χ4v) is 1.60. The highest BCUT2D eigenvalue weighted by atomic mass is 16.4. The van der Waals surface area contributed by atoms with Gasteiger partial charge in [0, 0.05) is 11.9 Å². The van der Waals surface area contributed by atoms with Crippen LogP contribution in [0, 0.1) is 12.8 Å². The Morgan fingerprint density at radius 2 is 2.38 bits per heavy atom. The zero-order valence-electron chi connectivity index (χ0n) is 9.31. The van der Waals surface area contributed by atoms with Crippen molar-refractivity contribution in [1.29, 1.82) is 0 Å². The van der Waals surface area contributed by atoms with E-state index in [4.69, 9.17) is 5.11 Å². The van der Waals surface area contributed by atoms with Gasteiger partial charge in [-0.05, 0) is 43.9 Å². The van der Waals surface area contributed by atoms with Crippen molar-refractivity contribution in [2.24, 2.45) is 5.92 Å². The Morgan fingerprint density at radius 1 is 1.62 bits per heavy atom. The molecule has 4 nitrogen and oxygen atoms in total. The Hall–Kier alpha value is -1.42. The number of nitrogens with zero attached hydrogens (tertiary/aromatic N) is 1. The first-order chi connectivity index (χ1) is 7.66. The summed E-state index contributed by atoms with van der Waals surface area (Å²) in [6, 6.07) is 3.03. The van der Waals surface area contributed by atoms with Crippen LogP contribution in [-0.2, 0) is 4.79 Å². The number of carbonyl (C=O) groups is 1. The zero-order valence-corrected chi connectivity index (χ0v) is 9.31. The van der Waals surface area contributed by atoms with Crippen molar-refractivity contribution in [1.82, 2.24) is 10.3 Å². The monoisotopic (exact) mass is 220 g/mol. The summed E-state index contributed by atoms with van der Waals surface area (Å²) in [5.74, 6) is -0.174. The van der Waals surface area contributed by atoms with Crippen molar-refractivity contribution in [3.05, 3.63) is 29.6 Å². The van der Waals surface area contributed by atoms with E-state index >= 15 is 0 Å². The molecule has 1 aliphatic rings. The van der Waals surface area contributed by atoms with E-state index in [1.807, 2.05) is 19.1 Å². The third-order valence-electron chi connectivity index (χ3n) is 2.82. The molecule has 1 unspecified atom stereocenters. The number of carboxylic acids is 1. The lowest BCUT2D eigenvalue weighted by atomic mass is 10.1. The van der Waals surface area contributed by atoms with E-state index in [-0.39, 0.29) is 0 Å². The molecule has 1 aromatic heterocycles. The second kappa shape index (κ2) is 4.61. The van der Waals surface area contributed by atoms with Crippen molar-refractivity contribution in [2.75, 3.05) is 6.54 Å². The van der Waals surface area contributed by atoms with Gasteiger partial charge in [0.2, 0.25) is 0 Å². The van der Waals surface area contributed by atoms with E-state index in [9.17, 15) is 4.79 Å². The van der Waals surface area contributed by atoms with Gasteiger partial charge in [-0.3, -0.25) is 9.78 Å². The second-order valence-corrected chi connectivity index (χ2v) is 4.36. The maximum absolute atomic E-state index is 11.1. The fraction of sp³-hybridized carbons (Fsp3) is 0.500.